The van der Waals surface area contributed by atoms with E-state index in [1.165, 1.54) is 9.80 Å². The molecule has 0 unspecified atom stereocenters. The first-order valence-electron chi connectivity index (χ1n) is 17.0. The molecule has 0 spiro atoms. The molecule has 6 rings (SSSR count). The number of rotatable bonds is 9. The summed E-state index contributed by atoms with van der Waals surface area (Å²) in [6, 6.07) is 12.9. The van der Waals surface area contributed by atoms with E-state index < -0.39 is 17.2 Å². The second kappa shape index (κ2) is 12.9. The molecule has 4 atom stereocenters. The first-order chi connectivity index (χ1) is 23.3. The summed E-state index contributed by atoms with van der Waals surface area (Å²) in [4.78, 5) is 62.1. The van der Waals surface area contributed by atoms with Crippen molar-refractivity contribution in [2.24, 2.45) is 5.92 Å². The van der Waals surface area contributed by atoms with E-state index in [1.54, 1.807) is 37.8 Å². The van der Waals surface area contributed by atoms with Gasteiger partial charge in [-0.2, -0.15) is 15.0 Å². The molecular formula is C37H45N7O5. The maximum Gasteiger partial charge on any atom is 0.459 e. The maximum absolute atomic E-state index is 13.5. The van der Waals surface area contributed by atoms with Crippen molar-refractivity contribution >= 4 is 17.7 Å². The molecule has 2 fully saturated rings. The molecule has 1 saturated heterocycles. The number of likely N-dealkylation sites (tertiary alicyclic amines) is 1. The Kier molecular flexibility index (Phi) is 9.00. The van der Waals surface area contributed by atoms with E-state index in [0.29, 0.717) is 42.1 Å². The van der Waals surface area contributed by atoms with Crippen LogP contribution in [0.1, 0.15) is 94.9 Å². The van der Waals surface area contributed by atoms with Crippen LogP contribution >= 0.6 is 0 Å². The summed E-state index contributed by atoms with van der Waals surface area (Å²) in [6.07, 6.45) is 3.21. The number of carbonyl (C=O) groups excluding carboxylic acids is 3. The number of nitrogens with one attached hydrogen (secondary N) is 1. The Hall–Kier alpha value is -4.76. The number of amides is 3. The van der Waals surface area contributed by atoms with Crippen LogP contribution in [0.15, 0.2) is 45.7 Å². The fourth-order valence-corrected chi connectivity index (χ4v) is 7.91. The number of piperidine rings is 1. The molecule has 12 heteroatoms. The van der Waals surface area contributed by atoms with E-state index in [2.05, 4.69) is 16.4 Å². The van der Waals surface area contributed by atoms with Gasteiger partial charge in [0.2, 0.25) is 5.91 Å². The lowest BCUT2D eigenvalue weighted by atomic mass is 9.67. The minimum Gasteiger partial charge on any atom is -0.345 e. The Morgan fingerprint density at radius 2 is 1.55 bits per heavy atom. The summed E-state index contributed by atoms with van der Waals surface area (Å²) in [6.45, 7) is 5.90. The van der Waals surface area contributed by atoms with Gasteiger partial charge >= 0.3 is 5.76 Å². The van der Waals surface area contributed by atoms with Crippen molar-refractivity contribution < 1.29 is 18.9 Å². The molecular weight excluding hydrogens is 622 g/mol. The van der Waals surface area contributed by atoms with Gasteiger partial charge in [0.15, 0.2) is 5.82 Å². The Bertz CT molecular complexity index is 1830. The zero-order valence-electron chi connectivity index (χ0n) is 29.3. The van der Waals surface area contributed by atoms with Crippen molar-refractivity contribution in [1.82, 2.24) is 29.7 Å². The summed E-state index contributed by atoms with van der Waals surface area (Å²) in [5, 5.41) is 13.1. The molecule has 1 aliphatic heterocycles. The number of nitriles is 1. The minimum atomic E-state index is -1.07. The molecule has 1 saturated carbocycles. The number of fused-ring (bicyclic) bond motifs is 3. The van der Waals surface area contributed by atoms with Crippen LogP contribution in [0.2, 0.25) is 0 Å². The van der Waals surface area contributed by atoms with Gasteiger partial charge in [-0.05, 0) is 105 Å². The smallest absolute Gasteiger partial charge is 0.345 e. The van der Waals surface area contributed by atoms with Crippen LogP contribution in [0.3, 0.4) is 0 Å². The Morgan fingerprint density at radius 1 is 0.980 bits per heavy atom. The summed E-state index contributed by atoms with van der Waals surface area (Å²) in [5.41, 5.74) is 3.61. The predicted molar refractivity (Wildman–Crippen MR) is 182 cm³/mol. The van der Waals surface area contributed by atoms with Gasteiger partial charge in [0, 0.05) is 51.4 Å². The molecule has 2 aromatic carbocycles. The number of aryl methyl sites for hydroxylation is 2. The average molecular weight is 668 g/mol. The van der Waals surface area contributed by atoms with Crippen molar-refractivity contribution in [3.05, 3.63) is 86.2 Å². The third-order valence-electron chi connectivity index (χ3n) is 10.3. The van der Waals surface area contributed by atoms with Gasteiger partial charge in [-0.25, -0.2) is 4.79 Å². The van der Waals surface area contributed by atoms with Crippen LogP contribution in [0.4, 0.5) is 0 Å². The first-order valence-corrected chi connectivity index (χ1v) is 17.0. The largest absolute Gasteiger partial charge is 0.459 e. The standard InChI is InChI=1S/C37H45N7O5/c1-21(2)44-35(40-36(48)49-44)37(18-22(3)39-20-32(45)43-28(19-38)16-27-17-31(27)43)29-12-10-25(33(46)41(4)5)14-23(29)8-9-24-15-26(11-13-30(24)37)34(47)42(6)7/h10-15,21-22,27-28,31,39H,8-9,16-18,20H2,1-7H3/t22-,27-,28+,31+/m1/s1. The third-order valence-corrected chi connectivity index (χ3v) is 10.3. The van der Waals surface area contributed by atoms with Crippen molar-refractivity contribution in [2.45, 2.75) is 82.5 Å². The quantitative estimate of drug-likeness (QED) is 0.367. The molecule has 0 bridgehead atoms. The molecule has 3 amide bonds. The normalized spacial score (nSPS) is 20.8. The zero-order chi connectivity index (χ0) is 35.4. The fourth-order valence-electron chi connectivity index (χ4n) is 7.91. The van der Waals surface area contributed by atoms with Crippen molar-refractivity contribution in [3.63, 3.8) is 0 Å². The second-order valence-corrected chi connectivity index (χ2v) is 14.5. The maximum atomic E-state index is 13.5. The van der Waals surface area contributed by atoms with Crippen molar-refractivity contribution in [3.8, 4) is 6.07 Å². The SMILES string of the molecule is CC(C)n1oc(=O)nc1C1(C[C@@H](C)NCC(=O)N2[C@H](C#N)C[C@@H]3C[C@@H]32)c2ccc(C(=O)N(C)C)cc2CCc2cc(C(=O)N(C)C)ccc21. The third kappa shape index (κ3) is 6.05. The first kappa shape index (κ1) is 34.1. The number of nitrogens with zero attached hydrogens (tertiary/aromatic N) is 6. The molecule has 1 N–H and O–H groups in total. The Morgan fingerprint density at radius 3 is 2.06 bits per heavy atom. The van der Waals surface area contributed by atoms with Crippen LogP contribution in [0.5, 0.6) is 0 Å². The van der Waals surface area contributed by atoms with Gasteiger partial charge in [0.05, 0.1) is 24.1 Å². The van der Waals surface area contributed by atoms with Gasteiger partial charge in [-0.15, -0.1) is 0 Å². The second-order valence-electron chi connectivity index (χ2n) is 14.5. The van der Waals surface area contributed by atoms with E-state index in [0.717, 1.165) is 35.1 Å². The highest BCUT2D eigenvalue weighted by Gasteiger charge is 2.54. The number of hydrogen-bond acceptors (Lipinski definition) is 8. The molecule has 2 aliphatic carbocycles. The summed E-state index contributed by atoms with van der Waals surface area (Å²) in [7, 11) is 6.86. The topological polar surface area (TPSA) is 145 Å². The lowest BCUT2D eigenvalue weighted by Gasteiger charge is -2.38. The number of benzene rings is 2. The van der Waals surface area contributed by atoms with Crippen molar-refractivity contribution in [1.29, 1.82) is 5.26 Å². The number of hydrogen-bond donors (Lipinski definition) is 1. The predicted octanol–water partition coefficient (Wildman–Crippen LogP) is 3.13. The van der Waals surface area contributed by atoms with Crippen LogP contribution in [0, 0.1) is 17.2 Å². The van der Waals surface area contributed by atoms with E-state index in [1.807, 2.05) is 57.2 Å². The highest BCUT2D eigenvalue weighted by molar-refractivity contribution is 5.95. The lowest BCUT2D eigenvalue weighted by Crippen LogP contribution is -2.47. The van der Waals surface area contributed by atoms with Crippen LogP contribution in [-0.2, 0) is 23.1 Å². The molecule has 3 aromatic rings. The summed E-state index contributed by atoms with van der Waals surface area (Å²) >= 11 is 0. The van der Waals surface area contributed by atoms with Crippen LogP contribution in [0.25, 0.3) is 0 Å². The summed E-state index contributed by atoms with van der Waals surface area (Å²) < 4.78 is 7.28. The number of aromatic nitrogens is 2. The minimum absolute atomic E-state index is 0.0563. The molecule has 258 valence electrons. The van der Waals surface area contributed by atoms with Gasteiger partial charge in [-0.3, -0.25) is 14.4 Å². The lowest BCUT2D eigenvalue weighted by molar-refractivity contribution is -0.131. The van der Waals surface area contributed by atoms with Crippen molar-refractivity contribution in [2.75, 3.05) is 34.7 Å². The Labute approximate surface area is 286 Å². The number of carbonyl (C=O) groups is 3. The highest BCUT2D eigenvalue weighted by atomic mass is 16.5. The fraction of sp³-hybridized carbons (Fsp3) is 0.514. The van der Waals surface area contributed by atoms with E-state index in [-0.39, 0.29) is 42.4 Å². The van der Waals surface area contributed by atoms with Gasteiger partial charge in [-0.1, -0.05) is 12.1 Å². The van der Waals surface area contributed by atoms with Crippen LogP contribution < -0.4 is 11.1 Å². The molecule has 49 heavy (non-hydrogen) atoms. The summed E-state index contributed by atoms with van der Waals surface area (Å²) in [5.74, 6) is -0.238. The molecule has 1 aromatic heterocycles. The molecule has 12 nitrogen and oxygen atoms in total. The van der Waals surface area contributed by atoms with E-state index >= 15 is 0 Å². The molecule has 3 aliphatic rings. The monoisotopic (exact) mass is 667 g/mol. The zero-order valence-corrected chi connectivity index (χ0v) is 29.3. The van der Waals surface area contributed by atoms with Gasteiger partial charge in [0.1, 0.15) is 6.04 Å². The highest BCUT2D eigenvalue weighted by Crippen LogP contribution is 2.49. The van der Waals surface area contributed by atoms with Gasteiger partial charge in [0.25, 0.3) is 11.8 Å². The van der Waals surface area contributed by atoms with Crippen LogP contribution in [-0.4, -0.2) is 95.0 Å². The molecule has 2 heterocycles. The Balaban J connectivity index is 1.51. The average Bonchev–Trinajstić information content (AvgIpc) is 3.59. The van der Waals surface area contributed by atoms with Gasteiger partial charge < -0.3 is 24.5 Å². The van der Waals surface area contributed by atoms with E-state index in [9.17, 15) is 24.4 Å². The molecule has 0 radical (unpaired) electrons. The van der Waals surface area contributed by atoms with E-state index in [4.69, 9.17) is 4.52 Å².